The molecule has 0 spiro atoms. The monoisotopic (exact) mass is 368 g/mol. The average molecular weight is 368 g/mol. The molecule has 0 aromatic rings. The lowest BCUT2D eigenvalue weighted by molar-refractivity contribution is -0.109. The molecular formula is C13H25IO2Si. The highest BCUT2D eigenvalue weighted by molar-refractivity contribution is 14.1. The minimum atomic E-state index is -1.77. The second kappa shape index (κ2) is 7.04. The van der Waals surface area contributed by atoms with Crippen molar-refractivity contribution in [1.29, 1.82) is 0 Å². The van der Waals surface area contributed by atoms with E-state index in [1.54, 1.807) is 0 Å². The predicted molar refractivity (Wildman–Crippen MR) is 85.1 cm³/mol. The third-order valence-electron chi connectivity index (χ3n) is 3.36. The smallest absolute Gasteiger partial charge is 0.192 e. The first-order valence-corrected chi connectivity index (χ1v) is 10.2. The van der Waals surface area contributed by atoms with E-state index in [4.69, 9.17) is 4.43 Å². The summed E-state index contributed by atoms with van der Waals surface area (Å²) in [5.41, 5.74) is 1.27. The standard InChI is InChI=1S/C13H25IO2Si/c1-11(10-14)9-12(7-8-15)16-17(5,6)13(2,3)4/h8,10,12H,7,9H2,1-6H3/b11-10+/t12-/m0/s1. The van der Waals surface area contributed by atoms with Crippen LogP contribution in [0.5, 0.6) is 0 Å². The van der Waals surface area contributed by atoms with Crippen LogP contribution in [0.3, 0.4) is 0 Å². The highest BCUT2D eigenvalue weighted by atomic mass is 127. The van der Waals surface area contributed by atoms with Crippen molar-refractivity contribution in [2.24, 2.45) is 0 Å². The molecule has 1 atom stereocenters. The van der Waals surface area contributed by atoms with Crippen LogP contribution in [0, 0.1) is 0 Å². The highest BCUT2D eigenvalue weighted by Crippen LogP contribution is 2.38. The number of aldehydes is 1. The number of carbonyl (C=O) groups excluding carboxylic acids is 1. The molecule has 0 aliphatic heterocycles. The summed E-state index contributed by atoms with van der Waals surface area (Å²) < 4.78 is 8.34. The molecule has 0 saturated heterocycles. The van der Waals surface area contributed by atoms with Gasteiger partial charge in [-0.05, 0) is 35.6 Å². The summed E-state index contributed by atoms with van der Waals surface area (Å²) in [7, 11) is -1.77. The van der Waals surface area contributed by atoms with Gasteiger partial charge in [0.2, 0.25) is 0 Å². The molecule has 0 heterocycles. The number of halogens is 1. The fourth-order valence-electron chi connectivity index (χ4n) is 1.28. The van der Waals surface area contributed by atoms with E-state index in [2.05, 4.69) is 67.5 Å². The van der Waals surface area contributed by atoms with Gasteiger partial charge in [-0.15, -0.1) is 0 Å². The van der Waals surface area contributed by atoms with E-state index in [-0.39, 0.29) is 11.1 Å². The lowest BCUT2D eigenvalue weighted by atomic mass is 10.1. The van der Waals surface area contributed by atoms with E-state index in [0.29, 0.717) is 6.42 Å². The maximum absolute atomic E-state index is 10.7. The number of hydrogen-bond acceptors (Lipinski definition) is 2. The van der Waals surface area contributed by atoms with Gasteiger partial charge in [0.25, 0.3) is 0 Å². The molecule has 0 unspecified atom stereocenters. The molecule has 4 heteroatoms. The zero-order valence-corrected chi connectivity index (χ0v) is 15.0. The first-order valence-electron chi connectivity index (χ1n) is 6.01. The van der Waals surface area contributed by atoms with Gasteiger partial charge in [0.1, 0.15) is 6.29 Å². The van der Waals surface area contributed by atoms with Crippen molar-refractivity contribution in [2.75, 3.05) is 0 Å². The molecule has 0 amide bonds. The van der Waals surface area contributed by atoms with Gasteiger partial charge in [0.05, 0.1) is 6.10 Å². The Balaban J connectivity index is 4.70. The predicted octanol–water partition coefficient (Wildman–Crippen LogP) is 4.69. The molecule has 0 aromatic carbocycles. The molecule has 0 rings (SSSR count). The van der Waals surface area contributed by atoms with Crippen molar-refractivity contribution in [3.05, 3.63) is 9.66 Å². The van der Waals surface area contributed by atoms with Gasteiger partial charge in [0, 0.05) is 6.42 Å². The molecule has 0 aliphatic carbocycles. The van der Waals surface area contributed by atoms with Gasteiger partial charge in [-0.1, -0.05) is 48.9 Å². The Morgan fingerprint density at radius 3 is 2.29 bits per heavy atom. The summed E-state index contributed by atoms with van der Waals surface area (Å²) in [5, 5.41) is 0.191. The van der Waals surface area contributed by atoms with E-state index < -0.39 is 8.32 Å². The number of carbonyl (C=O) groups is 1. The fraction of sp³-hybridized carbons (Fsp3) is 0.769. The Bertz CT molecular complexity index is 280. The molecule has 0 aromatic heterocycles. The highest BCUT2D eigenvalue weighted by Gasteiger charge is 2.38. The average Bonchev–Trinajstić information content (AvgIpc) is 2.15. The van der Waals surface area contributed by atoms with Crippen LogP contribution in [0.2, 0.25) is 18.1 Å². The second-order valence-corrected chi connectivity index (χ2v) is 11.4. The molecule has 0 bridgehead atoms. The molecule has 100 valence electrons. The number of rotatable bonds is 6. The Hall–Kier alpha value is 0.317. The second-order valence-electron chi connectivity index (χ2n) is 6.06. The molecule has 0 saturated carbocycles. The van der Waals surface area contributed by atoms with Gasteiger partial charge in [-0.25, -0.2) is 0 Å². The molecule has 0 fully saturated rings. The van der Waals surface area contributed by atoms with E-state index >= 15 is 0 Å². The lowest BCUT2D eigenvalue weighted by Gasteiger charge is -2.39. The van der Waals surface area contributed by atoms with Gasteiger partial charge in [-0.3, -0.25) is 0 Å². The molecule has 17 heavy (non-hydrogen) atoms. The Kier molecular flexibility index (Phi) is 7.17. The SMILES string of the molecule is C/C(=C\I)C[C@H](CC=O)O[Si](C)(C)C(C)(C)C. The molecule has 0 N–H and O–H groups in total. The van der Waals surface area contributed by atoms with E-state index in [0.717, 1.165) is 12.7 Å². The van der Waals surface area contributed by atoms with E-state index in [1.807, 2.05) is 0 Å². The van der Waals surface area contributed by atoms with Gasteiger partial charge >= 0.3 is 0 Å². The largest absolute Gasteiger partial charge is 0.413 e. The summed E-state index contributed by atoms with van der Waals surface area (Å²) in [5.74, 6) is 0. The van der Waals surface area contributed by atoms with Crippen LogP contribution in [0.15, 0.2) is 9.66 Å². The summed E-state index contributed by atoms with van der Waals surface area (Å²) >= 11 is 2.23. The quantitative estimate of drug-likeness (QED) is 0.386. The van der Waals surface area contributed by atoms with Crippen LogP contribution in [-0.2, 0) is 9.22 Å². The molecule has 0 aliphatic rings. The normalized spacial score (nSPS) is 15.8. The third kappa shape index (κ3) is 6.15. The third-order valence-corrected chi connectivity index (χ3v) is 8.96. The minimum absolute atomic E-state index is 0.0411. The van der Waals surface area contributed by atoms with Crippen LogP contribution in [0.4, 0.5) is 0 Å². The first-order chi connectivity index (χ1) is 7.64. The maximum atomic E-state index is 10.7. The van der Waals surface area contributed by atoms with E-state index in [9.17, 15) is 4.79 Å². The van der Waals surface area contributed by atoms with Crippen LogP contribution in [0.25, 0.3) is 0 Å². The van der Waals surface area contributed by atoms with Crippen molar-refractivity contribution < 1.29 is 9.22 Å². The first kappa shape index (κ1) is 17.3. The van der Waals surface area contributed by atoms with Crippen molar-refractivity contribution in [3.63, 3.8) is 0 Å². The fourth-order valence-corrected chi connectivity index (χ4v) is 2.90. The Morgan fingerprint density at radius 1 is 1.41 bits per heavy atom. The van der Waals surface area contributed by atoms with Crippen molar-refractivity contribution in [1.82, 2.24) is 0 Å². The van der Waals surface area contributed by atoms with Crippen LogP contribution >= 0.6 is 22.6 Å². The Morgan fingerprint density at radius 2 is 1.94 bits per heavy atom. The van der Waals surface area contributed by atoms with Crippen molar-refractivity contribution >= 4 is 37.2 Å². The molecule has 0 radical (unpaired) electrons. The summed E-state index contributed by atoms with van der Waals surface area (Å²) in [6.45, 7) is 13.2. The topological polar surface area (TPSA) is 26.3 Å². The summed E-state index contributed by atoms with van der Waals surface area (Å²) in [4.78, 5) is 10.7. The van der Waals surface area contributed by atoms with Gasteiger partial charge in [-0.2, -0.15) is 0 Å². The van der Waals surface area contributed by atoms with E-state index in [1.165, 1.54) is 5.57 Å². The van der Waals surface area contributed by atoms with Crippen molar-refractivity contribution in [2.45, 2.75) is 64.8 Å². The minimum Gasteiger partial charge on any atom is -0.413 e. The lowest BCUT2D eigenvalue weighted by Crippen LogP contribution is -2.44. The summed E-state index contributed by atoms with van der Waals surface area (Å²) in [6.07, 6.45) is 2.36. The van der Waals surface area contributed by atoms with Gasteiger partial charge in [0.15, 0.2) is 8.32 Å². The number of hydrogen-bond donors (Lipinski definition) is 0. The van der Waals surface area contributed by atoms with Crippen molar-refractivity contribution in [3.8, 4) is 0 Å². The van der Waals surface area contributed by atoms with Gasteiger partial charge < -0.3 is 9.22 Å². The zero-order chi connectivity index (χ0) is 13.7. The van der Waals surface area contributed by atoms with Crippen LogP contribution in [0.1, 0.15) is 40.5 Å². The molecule has 2 nitrogen and oxygen atoms in total. The Labute approximate surface area is 120 Å². The summed E-state index contributed by atoms with van der Waals surface area (Å²) in [6, 6.07) is 0. The molecular weight excluding hydrogens is 343 g/mol. The maximum Gasteiger partial charge on any atom is 0.192 e. The van der Waals surface area contributed by atoms with Crippen LogP contribution in [-0.4, -0.2) is 20.7 Å². The zero-order valence-electron chi connectivity index (χ0n) is 11.8. The van der Waals surface area contributed by atoms with Crippen LogP contribution < -0.4 is 0 Å².